The molecule has 1 aromatic carbocycles. The van der Waals surface area contributed by atoms with Crippen LogP contribution in [-0.4, -0.2) is 48.2 Å². The summed E-state index contributed by atoms with van der Waals surface area (Å²) in [6.07, 6.45) is 6.93. The van der Waals surface area contributed by atoms with Gasteiger partial charge in [-0.2, -0.15) is 0 Å². The fraction of sp³-hybridized carbons (Fsp3) is 0.364. The number of ether oxygens (including phenoxy) is 2. The summed E-state index contributed by atoms with van der Waals surface area (Å²) < 4.78 is 10.6. The molecule has 1 unspecified atom stereocenters. The molecule has 1 saturated heterocycles. The largest absolute Gasteiger partial charge is 0.493 e. The number of rotatable bonds is 6. The lowest BCUT2D eigenvalue weighted by Crippen LogP contribution is -2.39. The van der Waals surface area contributed by atoms with Crippen LogP contribution in [-0.2, 0) is 0 Å². The van der Waals surface area contributed by atoms with Gasteiger partial charge in [0.25, 0.3) is 5.91 Å². The Morgan fingerprint density at radius 1 is 1.03 bits per heavy atom. The molecule has 0 radical (unpaired) electrons. The van der Waals surface area contributed by atoms with Crippen LogP contribution < -0.4 is 20.1 Å². The lowest BCUT2D eigenvalue weighted by atomic mass is 9.85. The molecule has 8 nitrogen and oxygen atoms in total. The minimum Gasteiger partial charge on any atom is -0.493 e. The van der Waals surface area contributed by atoms with Crippen LogP contribution in [0.3, 0.4) is 0 Å². The van der Waals surface area contributed by atoms with Gasteiger partial charge in [0.1, 0.15) is 5.52 Å². The standard InChI is InChI=1S/C22H25N5O3/c1-29-17-4-3-15(13-18(17)30-2)22(28)27-19(14-5-8-23-9-6-14)16-7-10-25-21-20(16)24-11-12-26-21/h3-4,7,10-14,19,23H,5-6,8-9H2,1-2H3,(H,27,28). The summed E-state index contributed by atoms with van der Waals surface area (Å²) in [5.74, 6) is 1.21. The zero-order valence-corrected chi connectivity index (χ0v) is 17.1. The summed E-state index contributed by atoms with van der Waals surface area (Å²) in [5, 5.41) is 6.63. The molecule has 0 spiro atoms. The van der Waals surface area contributed by atoms with Crippen LogP contribution in [0.4, 0.5) is 0 Å². The molecule has 3 aromatic rings. The Balaban J connectivity index is 1.69. The highest BCUT2D eigenvalue weighted by Crippen LogP contribution is 2.33. The fourth-order valence-electron chi connectivity index (χ4n) is 3.98. The van der Waals surface area contributed by atoms with Gasteiger partial charge in [-0.1, -0.05) is 0 Å². The zero-order valence-electron chi connectivity index (χ0n) is 17.1. The molecule has 1 amide bonds. The zero-order chi connectivity index (χ0) is 20.9. The van der Waals surface area contributed by atoms with Crippen molar-refractivity contribution in [1.82, 2.24) is 25.6 Å². The van der Waals surface area contributed by atoms with Crippen molar-refractivity contribution < 1.29 is 14.3 Å². The Hall–Kier alpha value is -3.26. The first kappa shape index (κ1) is 20.0. The Labute approximate surface area is 175 Å². The number of aromatic nitrogens is 3. The summed E-state index contributed by atoms with van der Waals surface area (Å²) >= 11 is 0. The third-order valence-corrected chi connectivity index (χ3v) is 5.53. The first-order chi connectivity index (χ1) is 14.7. The number of nitrogens with one attached hydrogen (secondary N) is 2. The maximum Gasteiger partial charge on any atom is 0.251 e. The predicted octanol–water partition coefficient (Wildman–Crippen LogP) is 2.51. The van der Waals surface area contributed by atoms with Gasteiger partial charge in [0.2, 0.25) is 0 Å². The van der Waals surface area contributed by atoms with Crippen molar-refractivity contribution >= 4 is 17.1 Å². The highest BCUT2D eigenvalue weighted by Gasteiger charge is 2.29. The van der Waals surface area contributed by atoms with Gasteiger partial charge in [0, 0.05) is 29.7 Å². The highest BCUT2D eigenvalue weighted by atomic mass is 16.5. The first-order valence-electron chi connectivity index (χ1n) is 10.0. The Morgan fingerprint density at radius 3 is 2.53 bits per heavy atom. The smallest absolute Gasteiger partial charge is 0.251 e. The van der Waals surface area contributed by atoms with E-state index in [1.807, 2.05) is 6.07 Å². The lowest BCUT2D eigenvalue weighted by Gasteiger charge is -2.32. The minimum atomic E-state index is -0.199. The maximum atomic E-state index is 13.2. The lowest BCUT2D eigenvalue weighted by molar-refractivity contribution is 0.0914. The summed E-state index contributed by atoms with van der Waals surface area (Å²) in [7, 11) is 3.12. The molecule has 2 aromatic heterocycles. The molecule has 1 aliphatic heterocycles. The maximum absolute atomic E-state index is 13.2. The Kier molecular flexibility index (Phi) is 6.04. The van der Waals surface area contributed by atoms with Crippen LogP contribution >= 0.6 is 0 Å². The van der Waals surface area contributed by atoms with Gasteiger partial charge in [0.05, 0.1) is 20.3 Å². The number of piperidine rings is 1. The van der Waals surface area contributed by atoms with E-state index in [0.717, 1.165) is 37.0 Å². The van der Waals surface area contributed by atoms with Gasteiger partial charge >= 0.3 is 0 Å². The number of carbonyl (C=O) groups is 1. The van der Waals surface area contributed by atoms with E-state index in [1.54, 1.807) is 51.0 Å². The molecule has 156 valence electrons. The van der Waals surface area contributed by atoms with Crippen molar-refractivity contribution in [2.45, 2.75) is 18.9 Å². The van der Waals surface area contributed by atoms with Gasteiger partial charge in [-0.05, 0) is 56.1 Å². The SMILES string of the molecule is COc1ccc(C(=O)NC(c2ccnc3nccnc23)C2CCNCC2)cc1OC. The van der Waals surface area contributed by atoms with Crippen molar-refractivity contribution in [2.75, 3.05) is 27.3 Å². The monoisotopic (exact) mass is 407 g/mol. The molecule has 0 bridgehead atoms. The van der Waals surface area contributed by atoms with Crippen molar-refractivity contribution in [1.29, 1.82) is 0 Å². The molecular weight excluding hydrogens is 382 g/mol. The number of hydrogen-bond acceptors (Lipinski definition) is 7. The second-order valence-corrected chi connectivity index (χ2v) is 7.24. The van der Waals surface area contributed by atoms with Crippen LogP contribution in [0, 0.1) is 5.92 Å². The summed E-state index contributed by atoms with van der Waals surface area (Å²) in [6.45, 7) is 1.84. The second kappa shape index (κ2) is 9.04. The molecule has 1 aliphatic rings. The van der Waals surface area contributed by atoms with E-state index in [4.69, 9.17) is 9.47 Å². The Bertz CT molecular complexity index is 1030. The quantitative estimate of drug-likeness (QED) is 0.648. The van der Waals surface area contributed by atoms with Crippen molar-refractivity contribution in [3.05, 3.63) is 54.0 Å². The molecule has 4 rings (SSSR count). The summed E-state index contributed by atoms with van der Waals surface area (Å²) in [6, 6.07) is 6.90. The van der Waals surface area contributed by atoms with Gasteiger partial charge in [-0.25, -0.2) is 9.97 Å². The van der Waals surface area contributed by atoms with Crippen molar-refractivity contribution in [3.63, 3.8) is 0 Å². The minimum absolute atomic E-state index is 0.173. The van der Waals surface area contributed by atoms with Crippen LogP contribution in [0.25, 0.3) is 11.2 Å². The third kappa shape index (κ3) is 4.04. The molecule has 0 aliphatic carbocycles. The highest BCUT2D eigenvalue weighted by molar-refractivity contribution is 5.95. The van der Waals surface area contributed by atoms with Crippen molar-refractivity contribution in [2.24, 2.45) is 5.92 Å². The van der Waals surface area contributed by atoms with Gasteiger partial charge < -0.3 is 20.1 Å². The molecule has 30 heavy (non-hydrogen) atoms. The number of methoxy groups -OCH3 is 2. The summed E-state index contributed by atoms with van der Waals surface area (Å²) in [4.78, 5) is 26.3. The predicted molar refractivity (Wildman–Crippen MR) is 113 cm³/mol. The normalized spacial score (nSPS) is 15.5. The van der Waals surface area contributed by atoms with Crippen LogP contribution in [0.1, 0.15) is 34.8 Å². The van der Waals surface area contributed by atoms with E-state index in [-0.39, 0.29) is 17.9 Å². The topological polar surface area (TPSA) is 98.3 Å². The van der Waals surface area contributed by atoms with E-state index in [1.165, 1.54) is 0 Å². The Morgan fingerprint density at radius 2 is 1.77 bits per heavy atom. The van der Waals surface area contributed by atoms with Crippen LogP contribution in [0.2, 0.25) is 0 Å². The molecule has 0 saturated carbocycles. The third-order valence-electron chi connectivity index (χ3n) is 5.53. The van der Waals surface area contributed by atoms with Crippen LogP contribution in [0.15, 0.2) is 42.9 Å². The molecule has 1 atom stereocenters. The summed E-state index contributed by atoms with van der Waals surface area (Å²) in [5.41, 5.74) is 2.75. The van der Waals surface area contributed by atoms with E-state index in [0.29, 0.717) is 22.7 Å². The number of nitrogens with zero attached hydrogens (tertiary/aromatic N) is 3. The number of fused-ring (bicyclic) bond motifs is 1. The van der Waals surface area contributed by atoms with Gasteiger partial charge in [0.15, 0.2) is 17.1 Å². The number of hydrogen-bond donors (Lipinski definition) is 2. The van der Waals surface area contributed by atoms with E-state index < -0.39 is 0 Å². The first-order valence-corrected chi connectivity index (χ1v) is 10.0. The molecule has 2 N–H and O–H groups in total. The number of benzene rings is 1. The van der Waals surface area contributed by atoms with Crippen LogP contribution in [0.5, 0.6) is 11.5 Å². The number of pyridine rings is 1. The fourth-order valence-corrected chi connectivity index (χ4v) is 3.98. The van der Waals surface area contributed by atoms with Gasteiger partial charge in [-0.3, -0.25) is 9.78 Å². The number of carbonyl (C=O) groups excluding carboxylic acids is 1. The van der Waals surface area contributed by atoms with E-state index >= 15 is 0 Å². The molecule has 3 heterocycles. The molecular formula is C22H25N5O3. The average molecular weight is 407 g/mol. The van der Waals surface area contributed by atoms with Crippen molar-refractivity contribution in [3.8, 4) is 11.5 Å². The number of amides is 1. The average Bonchev–Trinajstić information content (AvgIpc) is 2.82. The van der Waals surface area contributed by atoms with E-state index in [9.17, 15) is 4.79 Å². The second-order valence-electron chi connectivity index (χ2n) is 7.24. The molecule has 8 heteroatoms. The van der Waals surface area contributed by atoms with Gasteiger partial charge in [-0.15, -0.1) is 0 Å². The molecule has 1 fully saturated rings. The van der Waals surface area contributed by atoms with E-state index in [2.05, 4.69) is 25.6 Å².